The van der Waals surface area contributed by atoms with Crippen molar-refractivity contribution in [1.82, 2.24) is 24.9 Å². The number of aromatic nitrogens is 3. The van der Waals surface area contributed by atoms with Crippen LogP contribution in [0.2, 0.25) is 0 Å². The zero-order valence-corrected chi connectivity index (χ0v) is 31.5. The van der Waals surface area contributed by atoms with E-state index in [1.807, 2.05) is 54.6 Å². The van der Waals surface area contributed by atoms with Gasteiger partial charge in [0.25, 0.3) is 11.8 Å². The summed E-state index contributed by atoms with van der Waals surface area (Å²) in [4.78, 5) is 54.7. The number of halogens is 2. The molecule has 3 fully saturated rings. The third-order valence-electron chi connectivity index (χ3n) is 10.9. The summed E-state index contributed by atoms with van der Waals surface area (Å²) in [6, 6.07) is 19.2. The van der Waals surface area contributed by atoms with E-state index in [-0.39, 0.29) is 61.4 Å². The van der Waals surface area contributed by atoms with Gasteiger partial charge in [0.2, 0.25) is 5.88 Å². The van der Waals surface area contributed by atoms with Crippen LogP contribution in [0.1, 0.15) is 49.7 Å². The van der Waals surface area contributed by atoms with Gasteiger partial charge in [-0.2, -0.15) is 9.97 Å². The smallest absolute Gasteiger partial charge is 0.472 e. The van der Waals surface area contributed by atoms with Crippen LogP contribution in [0.4, 0.5) is 13.6 Å². The molecule has 3 aromatic carbocycles. The lowest BCUT2D eigenvalue weighted by Gasteiger charge is -2.46. The average molecular weight is 799 g/mol. The highest BCUT2D eigenvalue weighted by atomic mass is 19.1. The monoisotopic (exact) mass is 799 g/mol. The number of aliphatic hydroxyl groups is 2. The van der Waals surface area contributed by atoms with Gasteiger partial charge in [-0.25, -0.2) is 9.18 Å². The first-order valence-electron chi connectivity index (χ1n) is 18.8. The second kappa shape index (κ2) is 15.2. The van der Waals surface area contributed by atoms with E-state index in [9.17, 15) is 24.6 Å². The van der Waals surface area contributed by atoms with Crippen molar-refractivity contribution in [3.63, 3.8) is 0 Å². The molecule has 6 radical (unpaired) electrons. The van der Waals surface area contributed by atoms with Crippen LogP contribution < -0.4 is 9.47 Å². The number of rotatable bonds is 12. The van der Waals surface area contributed by atoms with Crippen LogP contribution in [0.3, 0.4) is 0 Å². The van der Waals surface area contributed by atoms with Gasteiger partial charge in [0, 0.05) is 31.1 Å². The zero-order chi connectivity index (χ0) is 41.7. The molecule has 2 aromatic heterocycles. The predicted octanol–water partition coefficient (Wildman–Crippen LogP) is 3.79. The highest BCUT2D eigenvalue weighted by Crippen LogP contribution is 2.54. The Labute approximate surface area is 340 Å². The van der Waals surface area contributed by atoms with E-state index in [0.29, 0.717) is 28.9 Å². The fourth-order valence-electron chi connectivity index (χ4n) is 8.12. The van der Waals surface area contributed by atoms with E-state index >= 15 is 8.78 Å². The van der Waals surface area contributed by atoms with Gasteiger partial charge in [0.1, 0.15) is 33.5 Å². The largest absolute Gasteiger partial charge is 0.533 e. The van der Waals surface area contributed by atoms with Crippen molar-refractivity contribution in [2.75, 3.05) is 13.2 Å². The molecule has 3 saturated heterocycles. The average Bonchev–Trinajstić information content (AvgIpc) is 3.78. The van der Waals surface area contributed by atoms with Crippen LogP contribution in [0, 0.1) is 5.82 Å². The van der Waals surface area contributed by atoms with Gasteiger partial charge in [-0.1, -0.05) is 71.8 Å². The number of carbonyl (C=O) groups excluding carboxylic acids is 3. The van der Waals surface area contributed by atoms with Gasteiger partial charge in [-0.3, -0.25) is 28.7 Å². The molecule has 4 unspecified atom stereocenters. The van der Waals surface area contributed by atoms with Crippen molar-refractivity contribution in [3.8, 4) is 23.1 Å². The SMILES string of the molecule is [B]C1(F)CN2C([B])(O)CCC2(C([B])(O)Oc2nc(OCc3ccccc3)c3cnc(-c4cccc5cccc(CCCOC(=O)ON6C(=O)CCC6=O)c45)c(F)c3n2)C1. The first-order valence-corrected chi connectivity index (χ1v) is 18.8. The first-order chi connectivity index (χ1) is 28.1. The molecule has 59 heavy (non-hydrogen) atoms. The Balaban J connectivity index is 1.13. The number of ether oxygens (including phenoxy) is 3. The van der Waals surface area contributed by atoms with E-state index in [2.05, 4.69) is 15.0 Å². The third kappa shape index (κ3) is 7.58. The van der Waals surface area contributed by atoms with Crippen molar-refractivity contribution >= 4 is 63.2 Å². The molecule has 0 bridgehead atoms. The number of nitrogens with zero attached hydrogens (tertiary/aromatic N) is 5. The second-order valence-corrected chi connectivity index (χ2v) is 15.0. The number of benzene rings is 3. The first kappa shape index (κ1) is 40.1. The highest BCUT2D eigenvalue weighted by Gasteiger charge is 2.68. The molecular formula is C40H34B3F2N5O9. The zero-order valence-electron chi connectivity index (χ0n) is 31.5. The number of hydrogen-bond acceptors (Lipinski definition) is 13. The minimum absolute atomic E-state index is 0.0131. The molecule has 2 amide bonds. The summed E-state index contributed by atoms with van der Waals surface area (Å²) in [7, 11) is 18.3. The Morgan fingerprint density at radius 1 is 0.983 bits per heavy atom. The Morgan fingerprint density at radius 2 is 1.71 bits per heavy atom. The Morgan fingerprint density at radius 3 is 2.46 bits per heavy atom. The van der Waals surface area contributed by atoms with Gasteiger partial charge < -0.3 is 24.4 Å². The number of hydroxylamine groups is 2. The van der Waals surface area contributed by atoms with Crippen molar-refractivity contribution in [3.05, 3.63) is 89.9 Å². The summed E-state index contributed by atoms with van der Waals surface area (Å²) in [6.45, 7) is -0.691. The molecule has 296 valence electrons. The van der Waals surface area contributed by atoms with Crippen molar-refractivity contribution in [1.29, 1.82) is 0 Å². The Bertz CT molecular complexity index is 2460. The van der Waals surface area contributed by atoms with Gasteiger partial charge in [-0.15, -0.1) is 0 Å². The summed E-state index contributed by atoms with van der Waals surface area (Å²) >= 11 is 0. The van der Waals surface area contributed by atoms with Crippen LogP contribution in [0.5, 0.6) is 11.9 Å². The molecule has 5 heterocycles. The number of pyridine rings is 1. The fourth-order valence-corrected chi connectivity index (χ4v) is 8.12. The van der Waals surface area contributed by atoms with E-state index in [0.717, 1.165) is 21.4 Å². The van der Waals surface area contributed by atoms with Crippen LogP contribution >= 0.6 is 0 Å². The molecular weight excluding hydrogens is 765 g/mol. The molecule has 4 atom stereocenters. The van der Waals surface area contributed by atoms with E-state index in [1.54, 1.807) is 12.1 Å². The fraction of sp³-hybridized carbons (Fsp3) is 0.350. The summed E-state index contributed by atoms with van der Waals surface area (Å²) in [5.41, 5.74) is -7.63. The Hall–Kier alpha value is -5.65. The lowest BCUT2D eigenvalue weighted by Crippen LogP contribution is -2.65. The van der Waals surface area contributed by atoms with Gasteiger partial charge in [0.05, 0.1) is 28.7 Å². The summed E-state index contributed by atoms with van der Waals surface area (Å²) < 4.78 is 49.4. The lowest BCUT2D eigenvalue weighted by molar-refractivity contribution is -0.177. The van der Waals surface area contributed by atoms with Crippen molar-refractivity contribution < 1.29 is 52.4 Å². The molecule has 8 rings (SSSR count). The minimum atomic E-state index is -2.81. The number of alkyl halides is 1. The summed E-state index contributed by atoms with van der Waals surface area (Å²) in [6.07, 6.45) is -0.101. The maximum absolute atomic E-state index is 17.1. The van der Waals surface area contributed by atoms with Gasteiger partial charge >= 0.3 is 12.2 Å². The molecule has 3 aliphatic rings. The number of amides is 2. The Kier molecular flexibility index (Phi) is 10.3. The third-order valence-corrected chi connectivity index (χ3v) is 10.9. The number of carbonyl (C=O) groups is 3. The number of hydrogen-bond donors (Lipinski definition) is 2. The molecule has 14 nitrogen and oxygen atoms in total. The lowest BCUT2D eigenvalue weighted by atomic mass is 9.68. The highest BCUT2D eigenvalue weighted by molar-refractivity contribution is 6.18. The summed E-state index contributed by atoms with van der Waals surface area (Å²) in [5.74, 6) is -2.33. The van der Waals surface area contributed by atoms with Crippen molar-refractivity contribution in [2.24, 2.45) is 0 Å². The second-order valence-electron chi connectivity index (χ2n) is 15.0. The topological polar surface area (TPSA) is 174 Å². The van der Waals surface area contributed by atoms with E-state index in [1.165, 1.54) is 6.20 Å². The maximum Gasteiger partial charge on any atom is 0.533 e. The quantitative estimate of drug-likeness (QED) is 0.0615. The minimum Gasteiger partial charge on any atom is -0.472 e. The molecule has 5 aromatic rings. The molecule has 0 aliphatic carbocycles. The predicted molar refractivity (Wildman–Crippen MR) is 208 cm³/mol. The maximum atomic E-state index is 17.1. The number of fused-ring (bicyclic) bond motifs is 3. The van der Waals surface area contributed by atoms with Gasteiger partial charge in [-0.05, 0) is 54.0 Å². The van der Waals surface area contributed by atoms with Gasteiger partial charge in [0.15, 0.2) is 19.3 Å². The van der Waals surface area contributed by atoms with E-state index in [4.69, 9.17) is 42.6 Å². The number of aryl methyl sites for hydroxylation is 1. The molecule has 19 heteroatoms. The normalized spacial score (nSPS) is 24.0. The number of imide groups is 1. The van der Waals surface area contributed by atoms with Crippen LogP contribution in [0.25, 0.3) is 32.9 Å². The molecule has 0 saturated carbocycles. The van der Waals surface area contributed by atoms with E-state index < -0.39 is 65.2 Å². The molecule has 3 aliphatic heterocycles. The van der Waals surface area contributed by atoms with Crippen LogP contribution in [-0.2, 0) is 32.2 Å². The molecule has 2 N–H and O–H groups in total. The summed E-state index contributed by atoms with van der Waals surface area (Å²) in [5, 5.41) is 24.5. The standard InChI is InChI=1S/C40H34B3F2N5O9/c41-38(45)21-37(16-17-39(42,54)49(37)22-38)40(43,55)58-35-47-33-27(34(48-35)57-20-23-7-2-1-3-8-23)19-46-32(31(33)44)26-13-5-11-24-9-4-10-25(30(24)26)12-6-18-56-36(53)59-50-28(51)14-15-29(50)52/h1-5,7-11,13,19,54-55H,6,12,14-18,20-22H2. The van der Waals surface area contributed by atoms with Crippen LogP contribution in [-0.4, -0.2) is 112 Å². The molecule has 0 spiro atoms. The van der Waals surface area contributed by atoms with Crippen molar-refractivity contribution in [2.45, 2.75) is 74.0 Å². The van der Waals surface area contributed by atoms with Crippen LogP contribution in [0.15, 0.2) is 72.9 Å².